The smallest absolute Gasteiger partial charge is 0.0314 e. The fraction of sp³-hybridized carbons (Fsp3) is 0.429. The number of benzene rings is 1. The standard InChI is InChI=1S/C14H20N2/c1-2-9-16-10-3-4-13(11-16)12-5-7-14(15)8-6-12/h4-8H,2-3,9-11,15H2,1H3. The maximum atomic E-state index is 5.70. The molecule has 0 bridgehead atoms. The number of nitrogens with zero attached hydrogens (tertiary/aromatic N) is 1. The van der Waals surface area contributed by atoms with Crippen LogP contribution >= 0.6 is 0 Å². The Kier molecular flexibility index (Phi) is 3.62. The minimum atomic E-state index is 0.838. The topological polar surface area (TPSA) is 29.3 Å². The molecule has 86 valence electrons. The summed E-state index contributed by atoms with van der Waals surface area (Å²) < 4.78 is 0. The van der Waals surface area contributed by atoms with Gasteiger partial charge in [0.1, 0.15) is 0 Å². The van der Waals surface area contributed by atoms with E-state index in [1.54, 1.807) is 0 Å². The van der Waals surface area contributed by atoms with Crippen LogP contribution in [-0.2, 0) is 0 Å². The fourth-order valence-electron chi connectivity index (χ4n) is 2.22. The Morgan fingerprint density at radius 3 is 2.69 bits per heavy atom. The SMILES string of the molecule is CCCN1CCC=C(c2ccc(N)cc2)C1. The molecule has 1 aliphatic rings. The van der Waals surface area contributed by atoms with Crippen LogP contribution in [0.1, 0.15) is 25.3 Å². The number of hydrogen-bond acceptors (Lipinski definition) is 2. The molecule has 1 aromatic carbocycles. The Hall–Kier alpha value is -1.28. The van der Waals surface area contributed by atoms with E-state index in [0.717, 1.165) is 12.2 Å². The quantitative estimate of drug-likeness (QED) is 0.787. The molecular formula is C14H20N2. The number of nitrogens with two attached hydrogens (primary N) is 1. The summed E-state index contributed by atoms with van der Waals surface area (Å²) in [6.45, 7) is 5.72. The zero-order valence-electron chi connectivity index (χ0n) is 9.95. The second kappa shape index (κ2) is 5.17. The van der Waals surface area contributed by atoms with Crippen LogP contribution in [0.15, 0.2) is 30.3 Å². The van der Waals surface area contributed by atoms with Gasteiger partial charge in [-0.25, -0.2) is 0 Å². The van der Waals surface area contributed by atoms with Gasteiger partial charge in [0.15, 0.2) is 0 Å². The Balaban J connectivity index is 2.09. The van der Waals surface area contributed by atoms with Crippen molar-refractivity contribution in [3.8, 4) is 0 Å². The van der Waals surface area contributed by atoms with E-state index in [0.29, 0.717) is 0 Å². The van der Waals surface area contributed by atoms with Gasteiger partial charge in [-0.15, -0.1) is 0 Å². The predicted molar refractivity (Wildman–Crippen MR) is 70.2 cm³/mol. The van der Waals surface area contributed by atoms with Crippen molar-refractivity contribution in [2.75, 3.05) is 25.4 Å². The average molecular weight is 216 g/mol. The van der Waals surface area contributed by atoms with Crippen molar-refractivity contribution in [2.24, 2.45) is 0 Å². The number of rotatable bonds is 3. The van der Waals surface area contributed by atoms with Crippen molar-refractivity contribution < 1.29 is 0 Å². The first-order chi connectivity index (χ1) is 7.79. The molecule has 2 N–H and O–H groups in total. The highest BCUT2D eigenvalue weighted by molar-refractivity contribution is 5.68. The molecule has 1 heterocycles. The van der Waals surface area contributed by atoms with Crippen LogP contribution in [0.25, 0.3) is 5.57 Å². The highest BCUT2D eigenvalue weighted by Crippen LogP contribution is 2.21. The maximum absolute atomic E-state index is 5.70. The van der Waals surface area contributed by atoms with E-state index < -0.39 is 0 Å². The van der Waals surface area contributed by atoms with E-state index in [-0.39, 0.29) is 0 Å². The predicted octanol–water partition coefficient (Wildman–Crippen LogP) is 2.77. The van der Waals surface area contributed by atoms with Crippen LogP contribution in [0.3, 0.4) is 0 Å². The van der Waals surface area contributed by atoms with Gasteiger partial charge in [-0.05, 0) is 42.7 Å². The summed E-state index contributed by atoms with van der Waals surface area (Å²) in [5.74, 6) is 0. The van der Waals surface area contributed by atoms with E-state index >= 15 is 0 Å². The number of nitrogen functional groups attached to an aromatic ring is 1. The van der Waals surface area contributed by atoms with Crippen LogP contribution in [0.2, 0.25) is 0 Å². The van der Waals surface area contributed by atoms with Gasteiger partial charge in [0.25, 0.3) is 0 Å². The molecule has 0 spiro atoms. The van der Waals surface area contributed by atoms with Crippen LogP contribution in [0.5, 0.6) is 0 Å². The van der Waals surface area contributed by atoms with Crippen LogP contribution < -0.4 is 5.73 Å². The van der Waals surface area contributed by atoms with Gasteiger partial charge in [0.05, 0.1) is 0 Å². The van der Waals surface area contributed by atoms with E-state index in [4.69, 9.17) is 5.73 Å². The molecule has 0 saturated heterocycles. The normalized spacial score (nSPS) is 17.2. The molecule has 1 aliphatic heterocycles. The molecule has 0 amide bonds. The second-order valence-electron chi connectivity index (χ2n) is 4.42. The van der Waals surface area contributed by atoms with Gasteiger partial charge in [0.2, 0.25) is 0 Å². The van der Waals surface area contributed by atoms with Crippen LogP contribution in [-0.4, -0.2) is 24.5 Å². The first-order valence-electron chi connectivity index (χ1n) is 6.07. The van der Waals surface area contributed by atoms with E-state index in [1.165, 1.54) is 37.1 Å². The Labute approximate surface area is 97.8 Å². The van der Waals surface area contributed by atoms with E-state index in [1.807, 2.05) is 12.1 Å². The first kappa shape index (κ1) is 11.2. The third kappa shape index (κ3) is 2.64. The number of hydrogen-bond donors (Lipinski definition) is 1. The average Bonchev–Trinajstić information content (AvgIpc) is 2.31. The van der Waals surface area contributed by atoms with E-state index in [2.05, 4.69) is 30.0 Å². The maximum Gasteiger partial charge on any atom is 0.0314 e. The molecule has 0 radical (unpaired) electrons. The van der Waals surface area contributed by atoms with E-state index in [9.17, 15) is 0 Å². The molecule has 16 heavy (non-hydrogen) atoms. The molecule has 1 aromatic rings. The van der Waals surface area contributed by atoms with Crippen molar-refractivity contribution >= 4 is 11.3 Å². The van der Waals surface area contributed by atoms with Gasteiger partial charge in [0, 0.05) is 18.8 Å². The zero-order valence-corrected chi connectivity index (χ0v) is 9.95. The molecule has 0 saturated carbocycles. The largest absolute Gasteiger partial charge is 0.399 e. The molecule has 2 rings (SSSR count). The van der Waals surface area contributed by atoms with Crippen LogP contribution in [0.4, 0.5) is 5.69 Å². The van der Waals surface area contributed by atoms with Gasteiger partial charge in [-0.3, -0.25) is 4.90 Å². The van der Waals surface area contributed by atoms with Gasteiger partial charge in [-0.2, -0.15) is 0 Å². The summed E-state index contributed by atoms with van der Waals surface area (Å²) in [5, 5.41) is 0. The van der Waals surface area contributed by atoms with Crippen molar-refractivity contribution in [2.45, 2.75) is 19.8 Å². The molecule has 0 aliphatic carbocycles. The lowest BCUT2D eigenvalue weighted by atomic mass is 10.0. The minimum Gasteiger partial charge on any atom is -0.399 e. The Bertz CT molecular complexity index is 365. The summed E-state index contributed by atoms with van der Waals surface area (Å²) in [6, 6.07) is 8.21. The zero-order chi connectivity index (χ0) is 11.4. The Morgan fingerprint density at radius 1 is 1.25 bits per heavy atom. The van der Waals surface area contributed by atoms with Crippen molar-refractivity contribution in [3.05, 3.63) is 35.9 Å². The lowest BCUT2D eigenvalue weighted by Gasteiger charge is -2.27. The highest BCUT2D eigenvalue weighted by Gasteiger charge is 2.12. The van der Waals surface area contributed by atoms with Crippen molar-refractivity contribution in [3.63, 3.8) is 0 Å². The van der Waals surface area contributed by atoms with Gasteiger partial charge < -0.3 is 5.73 Å². The van der Waals surface area contributed by atoms with Crippen molar-refractivity contribution in [1.29, 1.82) is 0 Å². The summed E-state index contributed by atoms with van der Waals surface area (Å²) in [7, 11) is 0. The molecule has 0 fully saturated rings. The second-order valence-corrected chi connectivity index (χ2v) is 4.42. The highest BCUT2D eigenvalue weighted by atomic mass is 15.1. The third-order valence-corrected chi connectivity index (χ3v) is 3.05. The lowest BCUT2D eigenvalue weighted by molar-refractivity contribution is 0.305. The fourth-order valence-corrected chi connectivity index (χ4v) is 2.22. The summed E-state index contributed by atoms with van der Waals surface area (Å²) in [5.41, 5.74) is 9.30. The molecule has 2 nitrogen and oxygen atoms in total. The van der Waals surface area contributed by atoms with Crippen LogP contribution in [0, 0.1) is 0 Å². The lowest BCUT2D eigenvalue weighted by Crippen LogP contribution is -2.30. The molecule has 2 heteroatoms. The summed E-state index contributed by atoms with van der Waals surface area (Å²) in [4.78, 5) is 2.52. The summed E-state index contributed by atoms with van der Waals surface area (Å²) >= 11 is 0. The minimum absolute atomic E-state index is 0.838. The Morgan fingerprint density at radius 2 is 2.00 bits per heavy atom. The first-order valence-corrected chi connectivity index (χ1v) is 6.07. The molecular weight excluding hydrogens is 196 g/mol. The molecule has 0 unspecified atom stereocenters. The molecule has 0 aromatic heterocycles. The van der Waals surface area contributed by atoms with Gasteiger partial charge in [-0.1, -0.05) is 25.1 Å². The monoisotopic (exact) mass is 216 g/mol. The number of anilines is 1. The van der Waals surface area contributed by atoms with Gasteiger partial charge >= 0.3 is 0 Å². The third-order valence-electron chi connectivity index (χ3n) is 3.05. The van der Waals surface area contributed by atoms with Crippen molar-refractivity contribution in [1.82, 2.24) is 4.90 Å². The molecule has 0 atom stereocenters. The summed E-state index contributed by atoms with van der Waals surface area (Å²) in [6.07, 6.45) is 4.76.